The molecular weight excluding hydrogens is 297 g/mol. The SMILES string of the molecule is C=C[C@H](C)Nc1nc2c(Br)c(F)ccc2nc1C. The van der Waals surface area contributed by atoms with Crippen LogP contribution >= 0.6 is 15.9 Å². The summed E-state index contributed by atoms with van der Waals surface area (Å²) in [4.78, 5) is 8.82. The number of rotatable bonds is 3. The zero-order valence-corrected chi connectivity index (χ0v) is 11.8. The van der Waals surface area contributed by atoms with E-state index in [-0.39, 0.29) is 11.9 Å². The third-order valence-electron chi connectivity index (χ3n) is 2.62. The van der Waals surface area contributed by atoms with Gasteiger partial charge in [-0.1, -0.05) is 6.08 Å². The number of nitrogens with zero attached hydrogens (tertiary/aromatic N) is 2. The van der Waals surface area contributed by atoms with Gasteiger partial charge >= 0.3 is 0 Å². The van der Waals surface area contributed by atoms with E-state index in [1.165, 1.54) is 6.07 Å². The molecule has 1 N–H and O–H groups in total. The molecule has 18 heavy (non-hydrogen) atoms. The summed E-state index contributed by atoms with van der Waals surface area (Å²) in [6.07, 6.45) is 1.77. The van der Waals surface area contributed by atoms with E-state index in [4.69, 9.17) is 0 Å². The number of aryl methyl sites for hydroxylation is 1. The van der Waals surface area contributed by atoms with Crippen molar-refractivity contribution in [1.82, 2.24) is 9.97 Å². The Balaban J connectivity index is 2.58. The Morgan fingerprint density at radius 2 is 2.17 bits per heavy atom. The van der Waals surface area contributed by atoms with Crippen molar-refractivity contribution in [3.05, 3.63) is 40.8 Å². The van der Waals surface area contributed by atoms with Gasteiger partial charge in [-0.15, -0.1) is 6.58 Å². The standard InChI is InChI=1S/C13H13BrFN3/c1-4-7(2)16-13-8(3)17-10-6-5-9(15)11(14)12(10)18-13/h4-7H,1H2,2-3H3,(H,16,18)/t7-/m0/s1. The van der Waals surface area contributed by atoms with Crippen molar-refractivity contribution in [3.63, 3.8) is 0 Å². The molecule has 1 atom stereocenters. The van der Waals surface area contributed by atoms with Gasteiger partial charge in [0.05, 0.1) is 15.7 Å². The van der Waals surface area contributed by atoms with Crippen LogP contribution in [-0.4, -0.2) is 16.0 Å². The molecule has 2 aromatic rings. The van der Waals surface area contributed by atoms with Crippen molar-refractivity contribution in [2.75, 3.05) is 5.32 Å². The van der Waals surface area contributed by atoms with Crippen LogP contribution in [0.1, 0.15) is 12.6 Å². The lowest BCUT2D eigenvalue weighted by Crippen LogP contribution is -2.14. The molecule has 1 heterocycles. The zero-order chi connectivity index (χ0) is 13.3. The molecule has 94 valence electrons. The second-order valence-electron chi connectivity index (χ2n) is 4.06. The monoisotopic (exact) mass is 309 g/mol. The van der Waals surface area contributed by atoms with E-state index in [1.54, 1.807) is 12.1 Å². The van der Waals surface area contributed by atoms with E-state index in [9.17, 15) is 4.39 Å². The number of nitrogens with one attached hydrogen (secondary N) is 1. The number of halogens is 2. The Labute approximate surface area is 113 Å². The predicted molar refractivity (Wildman–Crippen MR) is 75.2 cm³/mol. The highest BCUT2D eigenvalue weighted by Crippen LogP contribution is 2.26. The van der Waals surface area contributed by atoms with Crippen LogP contribution in [0.25, 0.3) is 11.0 Å². The molecular formula is C13H13BrFN3. The van der Waals surface area contributed by atoms with Gasteiger partial charge in [-0.2, -0.15) is 0 Å². The Morgan fingerprint density at radius 3 is 2.83 bits per heavy atom. The first kappa shape index (κ1) is 13.0. The van der Waals surface area contributed by atoms with Crippen LogP contribution in [0.15, 0.2) is 29.3 Å². The highest BCUT2D eigenvalue weighted by Gasteiger charge is 2.11. The summed E-state index contributed by atoms with van der Waals surface area (Å²) in [5.41, 5.74) is 1.95. The Hall–Kier alpha value is -1.49. The molecule has 5 heteroatoms. The molecule has 0 amide bonds. The summed E-state index contributed by atoms with van der Waals surface area (Å²) in [7, 11) is 0. The van der Waals surface area contributed by atoms with Crippen LogP contribution in [0, 0.1) is 12.7 Å². The molecule has 1 aromatic carbocycles. The first-order valence-electron chi connectivity index (χ1n) is 5.54. The average molecular weight is 310 g/mol. The molecule has 0 saturated carbocycles. The smallest absolute Gasteiger partial charge is 0.148 e. The summed E-state index contributed by atoms with van der Waals surface area (Å²) in [6, 6.07) is 3.07. The highest BCUT2D eigenvalue weighted by molar-refractivity contribution is 9.10. The fourth-order valence-corrected chi connectivity index (χ4v) is 1.99. The maximum Gasteiger partial charge on any atom is 0.148 e. The molecule has 0 aliphatic carbocycles. The Morgan fingerprint density at radius 1 is 1.44 bits per heavy atom. The molecule has 0 radical (unpaired) electrons. The summed E-state index contributed by atoms with van der Waals surface area (Å²) < 4.78 is 13.8. The van der Waals surface area contributed by atoms with Crippen LogP contribution in [-0.2, 0) is 0 Å². The third-order valence-corrected chi connectivity index (χ3v) is 3.37. The largest absolute Gasteiger partial charge is 0.363 e. The van der Waals surface area contributed by atoms with Gasteiger partial charge in [0.1, 0.15) is 17.2 Å². The van der Waals surface area contributed by atoms with Crippen LogP contribution in [0.4, 0.5) is 10.2 Å². The van der Waals surface area contributed by atoms with Crippen molar-refractivity contribution >= 4 is 32.8 Å². The minimum Gasteiger partial charge on any atom is -0.363 e. The molecule has 3 nitrogen and oxygen atoms in total. The van der Waals surface area contributed by atoms with Gasteiger partial charge in [-0.3, -0.25) is 0 Å². The number of hydrogen-bond donors (Lipinski definition) is 1. The Kier molecular flexibility index (Phi) is 3.61. The van der Waals surface area contributed by atoms with Crippen molar-refractivity contribution in [1.29, 1.82) is 0 Å². The van der Waals surface area contributed by atoms with E-state index in [0.29, 0.717) is 21.3 Å². The molecule has 0 bridgehead atoms. The maximum absolute atomic E-state index is 13.5. The van der Waals surface area contributed by atoms with Gasteiger partial charge in [-0.25, -0.2) is 14.4 Å². The Bertz CT molecular complexity index is 613. The molecule has 0 fully saturated rings. The quantitative estimate of drug-likeness (QED) is 0.876. The van der Waals surface area contributed by atoms with Crippen LogP contribution < -0.4 is 5.32 Å². The van der Waals surface area contributed by atoms with E-state index < -0.39 is 0 Å². The van der Waals surface area contributed by atoms with Crippen molar-refractivity contribution in [2.45, 2.75) is 19.9 Å². The lowest BCUT2D eigenvalue weighted by Gasteiger charge is -2.13. The van der Waals surface area contributed by atoms with Gasteiger partial charge < -0.3 is 5.32 Å². The summed E-state index contributed by atoms with van der Waals surface area (Å²) in [5, 5.41) is 3.16. The maximum atomic E-state index is 13.5. The van der Waals surface area contributed by atoms with Crippen molar-refractivity contribution in [3.8, 4) is 0 Å². The number of hydrogen-bond acceptors (Lipinski definition) is 3. The number of benzene rings is 1. The zero-order valence-electron chi connectivity index (χ0n) is 10.2. The number of aromatic nitrogens is 2. The van der Waals surface area contributed by atoms with Crippen LogP contribution in [0.5, 0.6) is 0 Å². The topological polar surface area (TPSA) is 37.8 Å². The summed E-state index contributed by atoms with van der Waals surface area (Å²) in [5.74, 6) is 0.296. The van der Waals surface area contributed by atoms with Crippen molar-refractivity contribution < 1.29 is 4.39 Å². The summed E-state index contributed by atoms with van der Waals surface area (Å²) in [6.45, 7) is 7.52. The molecule has 0 aliphatic heterocycles. The second-order valence-corrected chi connectivity index (χ2v) is 4.85. The minimum absolute atomic E-state index is 0.0720. The molecule has 0 unspecified atom stereocenters. The lowest BCUT2D eigenvalue weighted by atomic mass is 10.2. The van der Waals surface area contributed by atoms with Gasteiger partial charge in [0.25, 0.3) is 0 Å². The first-order valence-corrected chi connectivity index (χ1v) is 6.33. The van der Waals surface area contributed by atoms with E-state index >= 15 is 0 Å². The first-order chi connectivity index (χ1) is 8.52. The van der Waals surface area contributed by atoms with Gasteiger partial charge in [-0.05, 0) is 41.9 Å². The predicted octanol–water partition coefficient (Wildman–Crippen LogP) is 3.83. The second kappa shape index (κ2) is 5.02. The van der Waals surface area contributed by atoms with Gasteiger partial charge in [0.2, 0.25) is 0 Å². The van der Waals surface area contributed by atoms with Gasteiger partial charge in [0, 0.05) is 6.04 Å². The van der Waals surface area contributed by atoms with E-state index in [1.807, 2.05) is 13.8 Å². The fourth-order valence-electron chi connectivity index (χ4n) is 1.56. The highest BCUT2D eigenvalue weighted by atomic mass is 79.9. The van der Waals surface area contributed by atoms with E-state index in [0.717, 1.165) is 5.69 Å². The molecule has 0 saturated heterocycles. The number of anilines is 1. The lowest BCUT2D eigenvalue weighted by molar-refractivity contribution is 0.623. The third kappa shape index (κ3) is 2.36. The molecule has 0 spiro atoms. The van der Waals surface area contributed by atoms with Gasteiger partial charge in [0.15, 0.2) is 0 Å². The average Bonchev–Trinajstić information content (AvgIpc) is 2.36. The molecule has 1 aromatic heterocycles. The fraction of sp³-hybridized carbons (Fsp3) is 0.231. The summed E-state index contributed by atoms with van der Waals surface area (Å²) >= 11 is 3.20. The number of fused-ring (bicyclic) bond motifs is 1. The van der Waals surface area contributed by atoms with Crippen LogP contribution in [0.3, 0.4) is 0 Å². The molecule has 0 aliphatic rings. The normalized spacial score (nSPS) is 12.4. The van der Waals surface area contributed by atoms with Crippen molar-refractivity contribution in [2.24, 2.45) is 0 Å². The molecule has 2 rings (SSSR count). The van der Waals surface area contributed by atoms with E-state index in [2.05, 4.69) is 37.8 Å². The minimum atomic E-state index is -0.344. The van der Waals surface area contributed by atoms with Crippen LogP contribution in [0.2, 0.25) is 0 Å².